The SMILES string of the molecule is COc1cc(/C(O)=C(\C#N)C(=O)N2CCC2)cc([N+](=O)[O-])c1OC.COc1cc(C(=O)O)cc([N+](=O)[O-])c1OC.N#C/C(C(=O)N1CCC1)=C(/O)c1cc(O)c(O)c([N+](=O)[O-])c1.[C-]#[N+]CC(=O)N1CCC1. The van der Waals surface area contributed by atoms with Crippen LogP contribution in [-0.4, -0.2) is 153 Å². The Hall–Kier alpha value is -9.91. The van der Waals surface area contributed by atoms with Crippen molar-refractivity contribution in [1.82, 2.24) is 14.7 Å². The van der Waals surface area contributed by atoms with E-state index in [4.69, 9.17) is 35.9 Å². The van der Waals surface area contributed by atoms with Gasteiger partial charge in [0.05, 0.1) is 48.8 Å². The minimum Gasteiger partial charge on any atom is -0.506 e. The number of phenolic OH excluding ortho intramolecular Hbond substituents is 2. The predicted molar refractivity (Wildman–Crippen MR) is 241 cm³/mol. The van der Waals surface area contributed by atoms with Crippen LogP contribution in [0.25, 0.3) is 16.4 Å². The Balaban J connectivity index is 0.000000262. The number of carbonyl (C=O) groups is 4. The molecular formula is C43H43N9O19. The predicted octanol–water partition coefficient (Wildman–Crippen LogP) is 4.12. The second kappa shape index (κ2) is 25.3. The van der Waals surface area contributed by atoms with E-state index >= 15 is 0 Å². The molecule has 0 radical (unpaired) electrons. The fourth-order valence-electron chi connectivity index (χ4n) is 6.08. The van der Waals surface area contributed by atoms with Crippen molar-refractivity contribution in [3.8, 4) is 46.6 Å². The van der Waals surface area contributed by atoms with E-state index in [1.165, 1.54) is 44.3 Å². The molecule has 5 N–H and O–H groups in total. The number of hydrogen-bond acceptors (Lipinski definition) is 20. The van der Waals surface area contributed by atoms with E-state index in [1.807, 2.05) is 0 Å². The fourth-order valence-corrected chi connectivity index (χ4v) is 6.08. The number of likely N-dealkylation sites (tertiary alicyclic amines) is 3. The highest BCUT2D eigenvalue weighted by molar-refractivity contribution is 6.04. The van der Waals surface area contributed by atoms with Crippen LogP contribution < -0.4 is 18.9 Å². The van der Waals surface area contributed by atoms with Gasteiger partial charge in [-0.3, -0.25) is 44.7 Å². The zero-order valence-electron chi connectivity index (χ0n) is 38.0. The Morgan fingerprint density at radius 2 is 0.986 bits per heavy atom. The maximum Gasteiger partial charge on any atom is 0.336 e. The highest BCUT2D eigenvalue weighted by Crippen LogP contribution is 2.41. The normalized spacial score (nSPS) is 13.5. The first-order valence-electron chi connectivity index (χ1n) is 20.3. The molecule has 3 amide bonds. The number of ether oxygens (including phenoxy) is 4. The lowest BCUT2D eigenvalue weighted by atomic mass is 10.0. The Bertz CT molecular complexity index is 2800. The van der Waals surface area contributed by atoms with Gasteiger partial charge in [0.2, 0.25) is 17.2 Å². The lowest BCUT2D eigenvalue weighted by Gasteiger charge is -2.30. The molecule has 0 atom stereocenters. The number of aliphatic hydroxyl groups is 2. The number of carboxylic acid groups (broad SMARTS) is 1. The van der Waals surface area contributed by atoms with Crippen molar-refractivity contribution in [2.75, 3.05) is 74.3 Å². The summed E-state index contributed by atoms with van der Waals surface area (Å²) in [6.45, 7) is 10.1. The van der Waals surface area contributed by atoms with E-state index < -0.39 is 83.8 Å². The summed E-state index contributed by atoms with van der Waals surface area (Å²) in [5.41, 5.74) is -3.43. The summed E-state index contributed by atoms with van der Waals surface area (Å²) < 4.78 is 19.6. The van der Waals surface area contributed by atoms with Crippen molar-refractivity contribution in [2.45, 2.75) is 19.3 Å². The van der Waals surface area contributed by atoms with Crippen LogP contribution in [0.15, 0.2) is 47.5 Å². The molecule has 3 heterocycles. The molecule has 3 fully saturated rings. The Labute approximate surface area is 401 Å². The zero-order valence-corrected chi connectivity index (χ0v) is 38.0. The van der Waals surface area contributed by atoms with Crippen LogP contribution in [0, 0.1) is 59.6 Å². The number of carboxylic acids is 1. The van der Waals surface area contributed by atoms with Crippen molar-refractivity contribution in [1.29, 1.82) is 10.5 Å². The second-order valence-corrected chi connectivity index (χ2v) is 14.4. The van der Waals surface area contributed by atoms with Gasteiger partial charge < -0.3 is 64.0 Å². The molecule has 374 valence electrons. The maximum absolute atomic E-state index is 12.2. The Morgan fingerprint density at radius 1 is 0.620 bits per heavy atom. The Kier molecular flexibility index (Phi) is 19.7. The van der Waals surface area contributed by atoms with Crippen molar-refractivity contribution in [3.05, 3.63) is 106 Å². The highest BCUT2D eigenvalue weighted by Gasteiger charge is 2.31. The van der Waals surface area contributed by atoms with Gasteiger partial charge in [-0.15, -0.1) is 0 Å². The number of aliphatic hydroxyl groups excluding tert-OH is 2. The molecule has 6 rings (SSSR count). The van der Waals surface area contributed by atoms with Gasteiger partial charge in [0, 0.05) is 68.6 Å². The third kappa shape index (κ3) is 13.4. The van der Waals surface area contributed by atoms with Crippen LogP contribution in [0.5, 0.6) is 34.5 Å². The number of nitro benzene ring substituents is 3. The summed E-state index contributed by atoms with van der Waals surface area (Å²) in [5.74, 6) is -6.05. The maximum atomic E-state index is 12.2. The average Bonchev–Trinajstić information content (AvgIpc) is 3.27. The zero-order chi connectivity index (χ0) is 53.3. The minimum atomic E-state index is -1.27. The fraction of sp³-hybridized carbons (Fsp3) is 0.326. The number of hydrogen-bond donors (Lipinski definition) is 5. The van der Waals surface area contributed by atoms with Gasteiger partial charge in [0.15, 0.2) is 28.4 Å². The van der Waals surface area contributed by atoms with Gasteiger partial charge in [-0.1, -0.05) is 0 Å². The summed E-state index contributed by atoms with van der Waals surface area (Å²) in [4.78, 5) is 83.3. The van der Waals surface area contributed by atoms with Gasteiger partial charge >= 0.3 is 28.9 Å². The molecule has 3 aliphatic heterocycles. The number of amides is 3. The molecule has 3 aliphatic rings. The molecule has 0 unspecified atom stereocenters. The van der Waals surface area contributed by atoms with Crippen LogP contribution in [0.2, 0.25) is 0 Å². The summed E-state index contributed by atoms with van der Waals surface area (Å²) >= 11 is 0. The van der Waals surface area contributed by atoms with Gasteiger partial charge in [-0.2, -0.15) is 10.5 Å². The first-order valence-corrected chi connectivity index (χ1v) is 20.3. The number of nitrogens with zero attached hydrogens (tertiary/aromatic N) is 9. The molecule has 28 nitrogen and oxygen atoms in total. The van der Waals surface area contributed by atoms with Crippen LogP contribution in [-0.2, 0) is 14.4 Å². The lowest BCUT2D eigenvalue weighted by molar-refractivity contribution is -0.386. The number of nitriles is 2. The summed E-state index contributed by atoms with van der Waals surface area (Å²) in [7, 11) is 5.04. The van der Waals surface area contributed by atoms with Crippen LogP contribution >= 0.6 is 0 Å². The number of carbonyl (C=O) groups excluding carboxylic acids is 3. The van der Waals surface area contributed by atoms with Gasteiger partial charge in [-0.25, -0.2) is 11.4 Å². The molecule has 3 saturated heterocycles. The molecular weight excluding hydrogens is 947 g/mol. The van der Waals surface area contributed by atoms with Crippen LogP contribution in [0.1, 0.15) is 40.7 Å². The quantitative estimate of drug-likeness (QED) is 0.0306. The number of phenols is 2. The van der Waals surface area contributed by atoms with Crippen LogP contribution in [0.4, 0.5) is 17.1 Å². The summed E-state index contributed by atoms with van der Waals surface area (Å²) in [6, 6.07) is 9.19. The van der Waals surface area contributed by atoms with Gasteiger partial charge in [-0.05, 0) is 37.5 Å². The summed E-state index contributed by atoms with van der Waals surface area (Å²) in [6.07, 6.45) is 2.72. The molecule has 71 heavy (non-hydrogen) atoms. The third-order valence-electron chi connectivity index (χ3n) is 10.2. The molecule has 28 heteroatoms. The smallest absolute Gasteiger partial charge is 0.336 e. The molecule has 0 aromatic heterocycles. The number of rotatable bonds is 13. The molecule has 0 spiro atoms. The number of methoxy groups -OCH3 is 4. The molecule has 0 saturated carbocycles. The lowest BCUT2D eigenvalue weighted by Crippen LogP contribution is -2.42. The van der Waals surface area contributed by atoms with Gasteiger partial charge in [0.25, 0.3) is 18.4 Å². The number of aromatic hydroxyl groups is 2. The first kappa shape index (κ1) is 55.4. The minimum absolute atomic E-state index is 0.00180. The molecule has 3 aromatic rings. The molecule has 3 aromatic carbocycles. The number of aromatic carboxylic acids is 1. The second-order valence-electron chi connectivity index (χ2n) is 14.4. The van der Waals surface area contributed by atoms with E-state index in [0.29, 0.717) is 26.2 Å². The molecule has 0 bridgehead atoms. The number of benzene rings is 3. The van der Waals surface area contributed by atoms with Crippen molar-refractivity contribution < 1.29 is 78.4 Å². The van der Waals surface area contributed by atoms with Gasteiger partial charge in [0.1, 0.15) is 23.7 Å². The van der Waals surface area contributed by atoms with E-state index in [2.05, 4.69) is 4.85 Å². The van der Waals surface area contributed by atoms with E-state index in [9.17, 15) is 75.2 Å². The van der Waals surface area contributed by atoms with E-state index in [-0.39, 0.29) is 52.1 Å². The third-order valence-corrected chi connectivity index (χ3v) is 10.2. The highest BCUT2D eigenvalue weighted by atomic mass is 16.6. The topological polar surface area (TPSA) is 397 Å². The van der Waals surface area contributed by atoms with Crippen molar-refractivity contribution >= 4 is 52.3 Å². The standard InChI is InChI=1S/C15H15N3O6.C13H11N3O6.C9H9NO6.C6H8N2O/c1-23-12-7-9(6-11(18(21)22)14(12)24-2)13(19)10(8-16)15(20)17-4-3-5-17;14-6-8(13(20)15-2-1-3-15)11(18)7-4-9(16(21)22)12(19)10(17)5-7;1-15-7-4-5(9(11)12)3-6(10(13)14)8(7)16-2;1-7-5-6(9)8-3-2-4-8/h6-7,19H,3-5H2,1-2H3;4-5,17-19H,1-3H2;3-4H,1-2H3,(H,11,12);2-5H2/b13-10-;11-8-;;. The van der Waals surface area contributed by atoms with Crippen molar-refractivity contribution in [3.63, 3.8) is 0 Å². The van der Waals surface area contributed by atoms with E-state index in [1.54, 1.807) is 17.0 Å². The monoisotopic (exact) mass is 989 g/mol. The average molecular weight is 990 g/mol. The first-order chi connectivity index (χ1) is 33.6. The number of nitro groups is 3. The van der Waals surface area contributed by atoms with Crippen LogP contribution in [0.3, 0.4) is 0 Å². The van der Waals surface area contributed by atoms with E-state index in [0.717, 1.165) is 62.7 Å². The molecule has 0 aliphatic carbocycles. The van der Waals surface area contributed by atoms with Crippen molar-refractivity contribution in [2.24, 2.45) is 0 Å². The summed E-state index contributed by atoms with van der Waals surface area (Å²) in [5, 5.41) is 98.9. The Morgan fingerprint density at radius 3 is 1.30 bits per heavy atom. The largest absolute Gasteiger partial charge is 0.506 e.